The Morgan fingerprint density at radius 3 is 2.58 bits per heavy atom. The largest absolute Gasteiger partial charge is 0.497 e. The summed E-state index contributed by atoms with van der Waals surface area (Å²) >= 11 is 0. The molecule has 0 amide bonds. The monoisotopic (exact) mass is 331 g/mol. The van der Waals surface area contributed by atoms with E-state index in [0.29, 0.717) is 13.1 Å². The van der Waals surface area contributed by atoms with E-state index >= 15 is 0 Å². The second-order valence-corrected chi connectivity index (χ2v) is 7.16. The van der Waals surface area contributed by atoms with Crippen LogP contribution in [0.25, 0.3) is 0 Å². The number of aryl methyl sites for hydroxylation is 1. The molecule has 0 bridgehead atoms. The zero-order chi connectivity index (χ0) is 17.9. The first kappa shape index (κ1) is 18.5. The Balaban J connectivity index is 2.00. The maximum atomic E-state index is 10.4. The molecule has 0 saturated carbocycles. The van der Waals surface area contributed by atoms with Crippen molar-refractivity contribution in [3.05, 3.63) is 46.8 Å². The average Bonchev–Trinajstić information content (AvgIpc) is 2.82. The van der Waals surface area contributed by atoms with Gasteiger partial charge in [-0.05, 0) is 52.3 Å². The molecule has 0 aliphatic heterocycles. The molecule has 0 fully saturated rings. The van der Waals surface area contributed by atoms with Crippen LogP contribution >= 0.6 is 0 Å². The van der Waals surface area contributed by atoms with E-state index in [-0.39, 0.29) is 5.54 Å². The zero-order valence-corrected chi connectivity index (χ0v) is 15.6. The molecule has 1 atom stereocenters. The molecule has 1 aromatic carbocycles. The molecule has 1 aromatic heterocycles. The highest BCUT2D eigenvalue weighted by Gasteiger charge is 2.20. The van der Waals surface area contributed by atoms with Crippen LogP contribution in [0.5, 0.6) is 5.75 Å². The Bertz CT molecular complexity index is 686. The molecule has 0 aliphatic carbocycles. The molecule has 1 unspecified atom stereocenters. The lowest BCUT2D eigenvalue weighted by Crippen LogP contribution is -2.25. The Morgan fingerprint density at radius 2 is 2.00 bits per heavy atom. The van der Waals surface area contributed by atoms with E-state index in [0.717, 1.165) is 17.0 Å². The number of nitrogens with one attached hydrogen (secondary N) is 1. The fraction of sp³-hybridized carbons (Fsp3) is 0.526. The SMILES string of the molecule is COc1cccc(C(O)CNCc2c(C)nn(C(C)(C)C)c2C)c1. The lowest BCUT2D eigenvalue weighted by Gasteiger charge is -2.21. The molecule has 24 heavy (non-hydrogen) atoms. The maximum Gasteiger partial charge on any atom is 0.119 e. The van der Waals surface area contributed by atoms with Crippen molar-refractivity contribution in [1.29, 1.82) is 0 Å². The first-order valence-electron chi connectivity index (χ1n) is 8.32. The van der Waals surface area contributed by atoms with Gasteiger partial charge in [-0.3, -0.25) is 4.68 Å². The first-order chi connectivity index (χ1) is 11.2. The number of benzene rings is 1. The highest BCUT2D eigenvalue weighted by atomic mass is 16.5. The van der Waals surface area contributed by atoms with E-state index in [4.69, 9.17) is 4.74 Å². The van der Waals surface area contributed by atoms with Crippen molar-refractivity contribution in [3.63, 3.8) is 0 Å². The van der Waals surface area contributed by atoms with Gasteiger partial charge in [-0.15, -0.1) is 0 Å². The Labute approximate surface area is 144 Å². The Hall–Kier alpha value is -1.85. The Morgan fingerprint density at radius 1 is 1.29 bits per heavy atom. The van der Waals surface area contributed by atoms with Gasteiger partial charge in [-0.2, -0.15) is 5.10 Å². The van der Waals surface area contributed by atoms with Crippen LogP contribution in [0.1, 0.15) is 49.4 Å². The van der Waals surface area contributed by atoms with Crippen molar-refractivity contribution in [2.24, 2.45) is 0 Å². The number of methoxy groups -OCH3 is 1. The van der Waals surface area contributed by atoms with Crippen molar-refractivity contribution in [1.82, 2.24) is 15.1 Å². The summed E-state index contributed by atoms with van der Waals surface area (Å²) in [6.07, 6.45) is -0.571. The van der Waals surface area contributed by atoms with Crippen LogP contribution < -0.4 is 10.1 Å². The summed E-state index contributed by atoms with van der Waals surface area (Å²) in [5.41, 5.74) is 4.21. The van der Waals surface area contributed by atoms with Gasteiger partial charge in [0, 0.05) is 24.3 Å². The molecule has 0 radical (unpaired) electrons. The lowest BCUT2D eigenvalue weighted by molar-refractivity contribution is 0.174. The number of aromatic nitrogens is 2. The minimum atomic E-state index is -0.571. The van der Waals surface area contributed by atoms with Crippen LogP contribution in [0.15, 0.2) is 24.3 Å². The fourth-order valence-electron chi connectivity index (χ4n) is 2.88. The van der Waals surface area contributed by atoms with Crippen LogP contribution in [0.2, 0.25) is 0 Å². The van der Waals surface area contributed by atoms with E-state index in [9.17, 15) is 5.11 Å². The quantitative estimate of drug-likeness (QED) is 0.854. The maximum absolute atomic E-state index is 10.4. The summed E-state index contributed by atoms with van der Waals surface area (Å²) in [6, 6.07) is 7.53. The summed E-state index contributed by atoms with van der Waals surface area (Å²) in [5.74, 6) is 0.754. The average molecular weight is 331 g/mol. The standard InChI is InChI=1S/C19H29N3O2/c1-13-17(14(2)22(21-13)19(3,4)5)11-20-12-18(23)15-8-7-9-16(10-15)24-6/h7-10,18,20,23H,11-12H2,1-6H3. The van der Waals surface area contributed by atoms with Gasteiger partial charge in [0.05, 0.1) is 24.4 Å². The van der Waals surface area contributed by atoms with E-state index in [1.54, 1.807) is 7.11 Å². The van der Waals surface area contributed by atoms with Gasteiger partial charge in [-0.25, -0.2) is 0 Å². The molecule has 2 N–H and O–H groups in total. The topological polar surface area (TPSA) is 59.3 Å². The second-order valence-electron chi connectivity index (χ2n) is 7.16. The molecule has 0 spiro atoms. The first-order valence-corrected chi connectivity index (χ1v) is 8.32. The van der Waals surface area contributed by atoms with Crippen LogP contribution in [-0.2, 0) is 12.1 Å². The predicted molar refractivity (Wildman–Crippen MR) is 96.4 cm³/mol. The van der Waals surface area contributed by atoms with Gasteiger partial charge < -0.3 is 15.2 Å². The number of rotatable bonds is 6. The van der Waals surface area contributed by atoms with Crippen molar-refractivity contribution in [2.45, 2.75) is 52.8 Å². The van der Waals surface area contributed by atoms with E-state index in [1.807, 2.05) is 31.2 Å². The Kier molecular flexibility index (Phi) is 5.67. The van der Waals surface area contributed by atoms with Crippen molar-refractivity contribution in [3.8, 4) is 5.75 Å². The number of aliphatic hydroxyl groups is 1. The third-order valence-corrected chi connectivity index (χ3v) is 4.19. The van der Waals surface area contributed by atoms with Crippen molar-refractivity contribution >= 4 is 0 Å². The number of hydrogen-bond donors (Lipinski definition) is 2. The molecule has 132 valence electrons. The van der Waals surface area contributed by atoms with Gasteiger partial charge in [0.25, 0.3) is 0 Å². The van der Waals surface area contributed by atoms with Crippen LogP contribution in [0, 0.1) is 13.8 Å². The normalized spacial score (nSPS) is 13.1. The second kappa shape index (κ2) is 7.36. The van der Waals surface area contributed by atoms with Gasteiger partial charge >= 0.3 is 0 Å². The van der Waals surface area contributed by atoms with E-state index in [2.05, 4.69) is 42.8 Å². The highest BCUT2D eigenvalue weighted by molar-refractivity contribution is 5.30. The number of hydrogen-bond acceptors (Lipinski definition) is 4. The summed E-state index contributed by atoms with van der Waals surface area (Å²) < 4.78 is 7.27. The summed E-state index contributed by atoms with van der Waals surface area (Å²) in [6.45, 7) is 11.7. The highest BCUT2D eigenvalue weighted by Crippen LogP contribution is 2.22. The molecule has 1 heterocycles. The predicted octanol–water partition coefficient (Wildman–Crippen LogP) is 3.09. The van der Waals surface area contributed by atoms with Gasteiger partial charge in [0.2, 0.25) is 0 Å². The molecular weight excluding hydrogens is 302 g/mol. The van der Waals surface area contributed by atoms with Gasteiger partial charge in [-0.1, -0.05) is 12.1 Å². The lowest BCUT2D eigenvalue weighted by atomic mass is 10.1. The number of aliphatic hydroxyl groups excluding tert-OH is 1. The molecule has 0 aliphatic rings. The minimum absolute atomic E-state index is 0.0345. The molecule has 5 nitrogen and oxygen atoms in total. The van der Waals surface area contributed by atoms with Crippen molar-refractivity contribution in [2.75, 3.05) is 13.7 Å². The molecule has 2 aromatic rings. The molecule has 2 rings (SSSR count). The third kappa shape index (κ3) is 4.16. The smallest absolute Gasteiger partial charge is 0.119 e. The van der Waals surface area contributed by atoms with E-state index < -0.39 is 6.10 Å². The number of nitrogens with zero attached hydrogens (tertiary/aromatic N) is 2. The van der Waals surface area contributed by atoms with Crippen LogP contribution in [0.3, 0.4) is 0 Å². The minimum Gasteiger partial charge on any atom is -0.497 e. The van der Waals surface area contributed by atoms with Crippen molar-refractivity contribution < 1.29 is 9.84 Å². The van der Waals surface area contributed by atoms with Crippen LogP contribution in [-0.4, -0.2) is 28.5 Å². The summed E-state index contributed by atoms with van der Waals surface area (Å²) in [5, 5.41) is 18.4. The molecular formula is C19H29N3O2. The zero-order valence-electron chi connectivity index (χ0n) is 15.6. The molecule has 0 saturated heterocycles. The van der Waals surface area contributed by atoms with Crippen LogP contribution in [0.4, 0.5) is 0 Å². The summed E-state index contributed by atoms with van der Waals surface area (Å²) in [7, 11) is 1.63. The molecule has 5 heteroatoms. The fourth-order valence-corrected chi connectivity index (χ4v) is 2.88. The number of ether oxygens (including phenoxy) is 1. The third-order valence-electron chi connectivity index (χ3n) is 4.19. The summed E-state index contributed by atoms with van der Waals surface area (Å²) in [4.78, 5) is 0. The van der Waals surface area contributed by atoms with Gasteiger partial charge in [0.15, 0.2) is 0 Å². The van der Waals surface area contributed by atoms with Gasteiger partial charge in [0.1, 0.15) is 5.75 Å². The van der Waals surface area contributed by atoms with E-state index in [1.165, 1.54) is 11.3 Å².